The summed E-state index contributed by atoms with van der Waals surface area (Å²) in [6, 6.07) is 16.0. The molecule has 0 aliphatic carbocycles. The van der Waals surface area contributed by atoms with Gasteiger partial charge in [-0.1, -0.05) is 36.4 Å². The monoisotopic (exact) mass is 364 g/mol. The highest BCUT2D eigenvalue weighted by atomic mass is 16.5. The average molecular weight is 364 g/mol. The maximum absolute atomic E-state index is 14.2. The van der Waals surface area contributed by atoms with Gasteiger partial charge in [0.2, 0.25) is 0 Å². The zero-order valence-electron chi connectivity index (χ0n) is 15.8. The van der Waals surface area contributed by atoms with E-state index in [1.54, 1.807) is 14.2 Å². The van der Waals surface area contributed by atoms with E-state index in [0.717, 1.165) is 55.5 Å². The summed E-state index contributed by atoms with van der Waals surface area (Å²) in [5.74, 6) is 1.90. The molecule has 0 unspecified atom stereocenters. The number of benzene rings is 2. The molecule has 4 aliphatic rings. The lowest BCUT2D eigenvalue weighted by molar-refractivity contribution is -0.159. The first-order valence-corrected chi connectivity index (χ1v) is 9.40. The highest BCUT2D eigenvalue weighted by Gasteiger charge is 2.65. The van der Waals surface area contributed by atoms with E-state index in [4.69, 9.17) is 9.47 Å². The van der Waals surface area contributed by atoms with Crippen molar-refractivity contribution in [2.45, 2.75) is 10.8 Å². The highest BCUT2D eigenvalue weighted by molar-refractivity contribution is 6.03. The molecule has 4 fully saturated rings. The van der Waals surface area contributed by atoms with Crippen LogP contribution in [0.2, 0.25) is 0 Å². The lowest BCUT2D eigenvalue weighted by Gasteiger charge is -2.63. The van der Waals surface area contributed by atoms with Crippen LogP contribution >= 0.6 is 0 Å². The van der Waals surface area contributed by atoms with Crippen LogP contribution in [-0.2, 0) is 15.6 Å². The zero-order valence-corrected chi connectivity index (χ0v) is 15.8. The SMILES string of the molecule is COc1ccccc1C12CN3CN(C1)CC(c1ccccc1OC)(C3)C2=O. The predicted molar refractivity (Wildman–Crippen MR) is 102 cm³/mol. The topological polar surface area (TPSA) is 42.0 Å². The number of carbonyl (C=O) groups excluding carboxylic acids is 1. The van der Waals surface area contributed by atoms with E-state index in [1.165, 1.54) is 0 Å². The summed E-state index contributed by atoms with van der Waals surface area (Å²) < 4.78 is 11.3. The third-order valence-corrected chi connectivity index (χ3v) is 6.49. The minimum absolute atomic E-state index is 0.302. The van der Waals surface area contributed by atoms with Crippen LogP contribution in [0.4, 0.5) is 0 Å². The molecule has 0 amide bonds. The standard InChI is InChI=1S/C22H24N2O3/c1-26-18-9-5-3-7-16(18)21-11-23-13-22(20(21)25,14-24(12-21)15-23)17-8-4-6-10-19(17)27-2/h3-10H,11-15H2,1-2H3. The molecule has 0 radical (unpaired) electrons. The third kappa shape index (κ3) is 2.15. The Hall–Kier alpha value is -2.37. The van der Waals surface area contributed by atoms with Crippen LogP contribution in [0.15, 0.2) is 48.5 Å². The van der Waals surface area contributed by atoms with E-state index in [2.05, 4.69) is 21.9 Å². The molecule has 0 atom stereocenters. The van der Waals surface area contributed by atoms with Crippen LogP contribution in [0.25, 0.3) is 0 Å². The van der Waals surface area contributed by atoms with Gasteiger partial charge >= 0.3 is 0 Å². The number of rotatable bonds is 4. The molecule has 140 valence electrons. The normalized spacial score (nSPS) is 33.9. The van der Waals surface area contributed by atoms with E-state index >= 15 is 0 Å². The minimum atomic E-state index is -0.567. The number of ketones is 1. The van der Waals surface area contributed by atoms with Crippen molar-refractivity contribution in [3.8, 4) is 11.5 Å². The maximum atomic E-state index is 14.2. The smallest absolute Gasteiger partial charge is 0.159 e. The van der Waals surface area contributed by atoms with Gasteiger partial charge in [0, 0.05) is 37.3 Å². The lowest BCUT2D eigenvalue weighted by Crippen LogP contribution is -2.79. The van der Waals surface area contributed by atoms with Crippen molar-refractivity contribution in [3.05, 3.63) is 59.7 Å². The molecule has 6 rings (SSSR count). The van der Waals surface area contributed by atoms with Crippen molar-refractivity contribution >= 4 is 5.78 Å². The molecule has 5 nitrogen and oxygen atoms in total. The Labute approximate surface area is 159 Å². The number of carbonyl (C=O) groups is 1. The van der Waals surface area contributed by atoms with E-state index in [9.17, 15) is 4.79 Å². The molecule has 4 saturated heterocycles. The molecule has 0 saturated carbocycles. The fourth-order valence-corrected chi connectivity index (χ4v) is 5.63. The van der Waals surface area contributed by atoms with Crippen LogP contribution in [0.3, 0.4) is 0 Å². The van der Waals surface area contributed by atoms with Crippen LogP contribution in [-0.4, -0.2) is 62.7 Å². The van der Waals surface area contributed by atoms with Crippen LogP contribution < -0.4 is 9.47 Å². The summed E-state index contributed by atoms with van der Waals surface area (Å²) in [4.78, 5) is 19.0. The van der Waals surface area contributed by atoms with Crippen molar-refractivity contribution in [2.75, 3.05) is 47.1 Å². The molecule has 0 aromatic heterocycles. The molecule has 27 heavy (non-hydrogen) atoms. The molecular formula is C22H24N2O3. The summed E-state index contributed by atoms with van der Waals surface area (Å²) in [6.07, 6.45) is 0. The summed E-state index contributed by atoms with van der Waals surface area (Å²) >= 11 is 0. The van der Waals surface area contributed by atoms with Gasteiger partial charge < -0.3 is 9.47 Å². The molecule has 4 aliphatic heterocycles. The minimum Gasteiger partial charge on any atom is -0.496 e. The predicted octanol–water partition coefficient (Wildman–Crippen LogP) is 2.05. The van der Waals surface area contributed by atoms with Gasteiger partial charge in [0.1, 0.15) is 11.5 Å². The van der Waals surface area contributed by atoms with Gasteiger partial charge in [-0.15, -0.1) is 0 Å². The summed E-state index contributed by atoms with van der Waals surface area (Å²) in [6.45, 7) is 3.92. The van der Waals surface area contributed by atoms with Crippen molar-refractivity contribution in [1.82, 2.24) is 9.80 Å². The van der Waals surface area contributed by atoms with Crippen LogP contribution in [0, 0.1) is 0 Å². The summed E-state index contributed by atoms with van der Waals surface area (Å²) in [5, 5.41) is 0. The zero-order chi connectivity index (χ0) is 18.6. The maximum Gasteiger partial charge on any atom is 0.159 e. The van der Waals surface area contributed by atoms with Gasteiger partial charge in [-0.3, -0.25) is 14.6 Å². The van der Waals surface area contributed by atoms with Gasteiger partial charge in [0.15, 0.2) is 5.78 Å². The quantitative estimate of drug-likeness (QED) is 0.831. The highest BCUT2D eigenvalue weighted by Crippen LogP contribution is 2.52. The first-order valence-electron chi connectivity index (χ1n) is 9.40. The molecule has 0 N–H and O–H groups in total. The summed E-state index contributed by atoms with van der Waals surface area (Å²) in [7, 11) is 3.36. The molecule has 0 spiro atoms. The van der Waals surface area contributed by atoms with E-state index in [0.29, 0.717) is 5.78 Å². The lowest BCUT2D eigenvalue weighted by atomic mass is 9.56. The number of hydrogen-bond donors (Lipinski definition) is 0. The number of hydrogen-bond acceptors (Lipinski definition) is 5. The number of nitrogens with zero attached hydrogens (tertiary/aromatic N) is 2. The Kier molecular flexibility index (Phi) is 3.61. The molecule has 5 heteroatoms. The number of methoxy groups -OCH3 is 2. The fraction of sp³-hybridized carbons (Fsp3) is 0.409. The van der Waals surface area contributed by atoms with Crippen molar-refractivity contribution in [3.63, 3.8) is 0 Å². The average Bonchev–Trinajstić information content (AvgIpc) is 2.71. The van der Waals surface area contributed by atoms with Gasteiger partial charge in [0.05, 0.1) is 31.7 Å². The fourth-order valence-electron chi connectivity index (χ4n) is 5.63. The molecule has 2 aromatic rings. The Bertz CT molecular complexity index is 826. The number of piperidine rings is 2. The van der Waals surface area contributed by atoms with Crippen molar-refractivity contribution in [2.24, 2.45) is 0 Å². The molecule has 4 bridgehead atoms. The van der Waals surface area contributed by atoms with E-state index in [-0.39, 0.29) is 0 Å². The van der Waals surface area contributed by atoms with Crippen LogP contribution in [0.5, 0.6) is 11.5 Å². The van der Waals surface area contributed by atoms with Crippen molar-refractivity contribution in [1.29, 1.82) is 0 Å². The van der Waals surface area contributed by atoms with Gasteiger partial charge in [-0.05, 0) is 12.1 Å². The van der Waals surface area contributed by atoms with E-state index < -0.39 is 10.8 Å². The second-order valence-electron chi connectivity index (χ2n) is 8.01. The van der Waals surface area contributed by atoms with Gasteiger partial charge in [-0.25, -0.2) is 0 Å². The Balaban J connectivity index is 1.72. The van der Waals surface area contributed by atoms with Crippen molar-refractivity contribution < 1.29 is 14.3 Å². The van der Waals surface area contributed by atoms with Gasteiger partial charge in [0.25, 0.3) is 0 Å². The second kappa shape index (κ2) is 5.81. The molecular weight excluding hydrogens is 340 g/mol. The summed E-state index contributed by atoms with van der Waals surface area (Å²) in [5.41, 5.74) is 0.876. The Morgan fingerprint density at radius 1 is 0.741 bits per heavy atom. The Morgan fingerprint density at radius 3 is 1.56 bits per heavy atom. The second-order valence-corrected chi connectivity index (χ2v) is 8.01. The molecule has 4 heterocycles. The first-order chi connectivity index (χ1) is 13.1. The number of para-hydroxylation sites is 2. The van der Waals surface area contributed by atoms with Crippen LogP contribution in [0.1, 0.15) is 11.1 Å². The van der Waals surface area contributed by atoms with Gasteiger partial charge in [-0.2, -0.15) is 0 Å². The first kappa shape index (κ1) is 16.8. The number of Topliss-reactive ketones (excluding diaryl/α,β-unsaturated/α-hetero) is 1. The molecule has 2 aromatic carbocycles. The Morgan fingerprint density at radius 2 is 1.15 bits per heavy atom. The number of ether oxygens (including phenoxy) is 2. The third-order valence-electron chi connectivity index (χ3n) is 6.49. The largest absolute Gasteiger partial charge is 0.496 e. The van der Waals surface area contributed by atoms with E-state index in [1.807, 2.05) is 36.4 Å².